The van der Waals surface area contributed by atoms with E-state index in [9.17, 15) is 25.3 Å². The minimum Gasteiger partial charge on any atom is -0.326 e. The van der Waals surface area contributed by atoms with Crippen LogP contribution in [0.1, 0.15) is 44.1 Å². The maximum atomic E-state index is 13.5. The van der Waals surface area contributed by atoms with Crippen LogP contribution in [-0.4, -0.2) is 82.3 Å². The third-order valence-electron chi connectivity index (χ3n) is 7.62. The summed E-state index contributed by atoms with van der Waals surface area (Å²) in [6, 6.07) is 3.16. The number of piperidine rings is 1. The van der Waals surface area contributed by atoms with Crippen LogP contribution in [-0.2, 0) is 36.4 Å². The topological polar surface area (TPSA) is 148 Å². The number of hydrogen-bond donors (Lipinski definition) is 1. The summed E-state index contributed by atoms with van der Waals surface area (Å²) in [4.78, 5) is 4.05. The molecule has 0 amide bonds. The average molecular weight is 549 g/mol. The molecule has 2 aliphatic heterocycles. The highest BCUT2D eigenvalue weighted by molar-refractivity contribution is 7.92. The van der Waals surface area contributed by atoms with Gasteiger partial charge in [-0.05, 0) is 41.9 Å². The summed E-state index contributed by atoms with van der Waals surface area (Å²) in [5.74, 6) is -0.478. The maximum Gasteiger partial charge on any atom is 0.282 e. The Bertz CT molecular complexity index is 1200. The Balaban J connectivity index is 1.57. The molecule has 2 saturated heterocycles. The molecular weight excluding hydrogens is 512 g/mol. The molecule has 0 spiro atoms. The molecule has 3 aliphatic rings. The number of nitrogens with zero attached hydrogens (tertiary/aromatic N) is 3. The van der Waals surface area contributed by atoms with Crippen LogP contribution in [0.3, 0.4) is 0 Å². The van der Waals surface area contributed by atoms with Crippen molar-refractivity contribution in [1.29, 1.82) is 0 Å². The van der Waals surface area contributed by atoms with Gasteiger partial charge in [0, 0.05) is 38.9 Å². The lowest BCUT2D eigenvalue weighted by Crippen LogP contribution is -2.55. The first kappa shape index (κ1) is 26.9. The van der Waals surface area contributed by atoms with Crippen molar-refractivity contribution < 1.29 is 25.3 Å². The van der Waals surface area contributed by atoms with Gasteiger partial charge in [-0.25, -0.2) is 21.8 Å². The van der Waals surface area contributed by atoms with Crippen LogP contribution in [0, 0.1) is 17.8 Å². The molecule has 0 bridgehead atoms. The summed E-state index contributed by atoms with van der Waals surface area (Å²) in [6.07, 6.45) is 7.53. The first-order chi connectivity index (χ1) is 16.5. The Morgan fingerprint density at radius 3 is 2.31 bits per heavy atom. The minimum atomic E-state index is -3.90. The lowest BCUT2D eigenvalue weighted by molar-refractivity contribution is 0.128. The SMILES string of the molecule is NCc1ccnc(S(=O)(=O)C[C@@H]2C[C@H](C3CCCCC3)CN(S(=O)(=O)N3CCS(=O)(=O)CC3)C2)c1. The molecule has 3 heterocycles. The number of nitrogens with two attached hydrogens (primary N) is 1. The average Bonchev–Trinajstić information content (AvgIpc) is 2.84. The van der Waals surface area contributed by atoms with E-state index >= 15 is 0 Å². The van der Waals surface area contributed by atoms with Crippen molar-refractivity contribution in [2.45, 2.75) is 50.1 Å². The molecule has 2 atom stereocenters. The largest absolute Gasteiger partial charge is 0.326 e. The number of aromatic nitrogens is 1. The highest BCUT2D eigenvalue weighted by Gasteiger charge is 2.42. The third kappa shape index (κ3) is 6.42. The van der Waals surface area contributed by atoms with Crippen LogP contribution in [0.15, 0.2) is 23.4 Å². The molecule has 13 heteroatoms. The van der Waals surface area contributed by atoms with Gasteiger partial charge in [0.2, 0.25) is 0 Å². The van der Waals surface area contributed by atoms with E-state index < -0.39 is 29.9 Å². The third-order valence-corrected chi connectivity index (χ3v) is 13.0. The molecule has 35 heavy (non-hydrogen) atoms. The zero-order chi connectivity index (χ0) is 25.3. The van der Waals surface area contributed by atoms with E-state index in [4.69, 9.17) is 5.73 Å². The van der Waals surface area contributed by atoms with E-state index in [1.165, 1.54) is 27.3 Å². The van der Waals surface area contributed by atoms with Crippen LogP contribution >= 0.6 is 0 Å². The summed E-state index contributed by atoms with van der Waals surface area (Å²) in [5.41, 5.74) is 6.34. The van der Waals surface area contributed by atoms with Crippen molar-refractivity contribution in [3.8, 4) is 0 Å². The van der Waals surface area contributed by atoms with E-state index in [0.717, 1.165) is 25.7 Å². The summed E-state index contributed by atoms with van der Waals surface area (Å²) in [5, 5.41) is -0.0316. The second-order valence-corrected chi connectivity index (χ2v) is 16.3. The van der Waals surface area contributed by atoms with Gasteiger partial charge < -0.3 is 5.73 Å². The van der Waals surface area contributed by atoms with Crippen LogP contribution in [0.4, 0.5) is 0 Å². The Hall–Kier alpha value is -1.12. The van der Waals surface area contributed by atoms with E-state index in [-0.39, 0.29) is 60.3 Å². The van der Waals surface area contributed by atoms with Crippen molar-refractivity contribution in [3.63, 3.8) is 0 Å². The molecule has 2 N–H and O–H groups in total. The van der Waals surface area contributed by atoms with Gasteiger partial charge in [-0.15, -0.1) is 0 Å². The van der Waals surface area contributed by atoms with E-state index in [2.05, 4.69) is 4.98 Å². The molecular formula is C22H36N4O6S3. The normalized spacial score (nSPS) is 27.6. The van der Waals surface area contributed by atoms with Gasteiger partial charge in [0.15, 0.2) is 24.7 Å². The maximum absolute atomic E-state index is 13.5. The predicted octanol–water partition coefficient (Wildman–Crippen LogP) is 0.808. The van der Waals surface area contributed by atoms with Gasteiger partial charge in [-0.3, -0.25) is 0 Å². The fourth-order valence-electron chi connectivity index (χ4n) is 5.69. The zero-order valence-electron chi connectivity index (χ0n) is 20.0. The lowest BCUT2D eigenvalue weighted by Gasteiger charge is -2.43. The first-order valence-corrected chi connectivity index (χ1v) is 17.2. The van der Waals surface area contributed by atoms with Gasteiger partial charge in [-0.1, -0.05) is 32.1 Å². The van der Waals surface area contributed by atoms with Crippen molar-refractivity contribution in [2.75, 3.05) is 43.4 Å². The molecule has 1 aromatic heterocycles. The second kappa shape index (κ2) is 10.7. The van der Waals surface area contributed by atoms with Gasteiger partial charge in [-0.2, -0.15) is 17.0 Å². The molecule has 0 aromatic carbocycles. The van der Waals surface area contributed by atoms with Crippen molar-refractivity contribution in [3.05, 3.63) is 23.9 Å². The van der Waals surface area contributed by atoms with Gasteiger partial charge >= 0.3 is 0 Å². The van der Waals surface area contributed by atoms with Gasteiger partial charge in [0.1, 0.15) is 0 Å². The molecule has 0 radical (unpaired) electrons. The van der Waals surface area contributed by atoms with Crippen LogP contribution < -0.4 is 5.73 Å². The van der Waals surface area contributed by atoms with Crippen LogP contribution in [0.25, 0.3) is 0 Å². The van der Waals surface area contributed by atoms with E-state index in [0.29, 0.717) is 24.4 Å². The van der Waals surface area contributed by atoms with Gasteiger partial charge in [0.25, 0.3) is 10.2 Å². The molecule has 3 fully saturated rings. The molecule has 1 saturated carbocycles. The van der Waals surface area contributed by atoms with Crippen molar-refractivity contribution in [2.24, 2.45) is 23.5 Å². The highest BCUT2D eigenvalue weighted by Crippen LogP contribution is 2.38. The van der Waals surface area contributed by atoms with Crippen LogP contribution in [0.2, 0.25) is 0 Å². The summed E-state index contributed by atoms with van der Waals surface area (Å²) in [6.45, 7) is 0.538. The fraction of sp³-hybridized carbons (Fsp3) is 0.773. The first-order valence-electron chi connectivity index (χ1n) is 12.3. The monoisotopic (exact) mass is 548 g/mol. The zero-order valence-corrected chi connectivity index (χ0v) is 22.4. The smallest absolute Gasteiger partial charge is 0.282 e. The number of pyridine rings is 1. The van der Waals surface area contributed by atoms with E-state index in [1.807, 2.05) is 0 Å². The predicted molar refractivity (Wildman–Crippen MR) is 133 cm³/mol. The molecule has 0 unspecified atom stereocenters. The minimum absolute atomic E-state index is 0.0316. The Labute approximate surface area is 209 Å². The lowest BCUT2D eigenvalue weighted by atomic mass is 9.75. The molecule has 1 aromatic rings. The Morgan fingerprint density at radius 2 is 1.66 bits per heavy atom. The van der Waals surface area contributed by atoms with E-state index in [1.54, 1.807) is 6.07 Å². The summed E-state index contributed by atoms with van der Waals surface area (Å²) >= 11 is 0. The summed E-state index contributed by atoms with van der Waals surface area (Å²) < 4.78 is 79.8. The summed E-state index contributed by atoms with van der Waals surface area (Å²) in [7, 11) is -10.9. The number of sulfone groups is 2. The standard InChI is InChI=1S/C22H36N4O6S3/c23-14-18-6-7-24-22(13-18)34(29,30)17-19-12-21(20-4-2-1-3-5-20)16-26(15-19)35(31,32)25-8-10-33(27,28)11-9-25/h6-7,13,19-21H,1-5,8-12,14-17,23H2/t19-,21+/m1/s1. The molecule has 10 nitrogen and oxygen atoms in total. The second-order valence-electron chi connectivity index (χ2n) is 10.1. The Kier molecular flexibility index (Phi) is 8.23. The molecule has 4 rings (SSSR count). The molecule has 1 aliphatic carbocycles. The Morgan fingerprint density at radius 1 is 0.971 bits per heavy atom. The van der Waals surface area contributed by atoms with Crippen molar-refractivity contribution >= 4 is 29.9 Å². The number of rotatable bonds is 7. The van der Waals surface area contributed by atoms with Gasteiger partial charge in [0.05, 0.1) is 17.3 Å². The van der Waals surface area contributed by atoms with Crippen molar-refractivity contribution in [1.82, 2.24) is 13.6 Å². The quantitative estimate of drug-likeness (QED) is 0.526. The number of hydrogen-bond acceptors (Lipinski definition) is 8. The highest BCUT2D eigenvalue weighted by atomic mass is 32.2. The fourth-order valence-corrected chi connectivity index (χ4v) is 10.5. The molecule has 198 valence electrons. The van der Waals surface area contributed by atoms with Crippen LogP contribution in [0.5, 0.6) is 0 Å².